The lowest BCUT2D eigenvalue weighted by molar-refractivity contribution is 0.0960. The number of benzene rings is 1. The molecule has 0 fully saturated rings. The topological polar surface area (TPSA) is 88.9 Å². The molecule has 7 nitrogen and oxygen atoms in total. The van der Waals surface area contributed by atoms with Crippen LogP contribution in [0, 0.1) is 6.92 Å². The lowest BCUT2D eigenvalue weighted by Gasteiger charge is -2.11. The molecule has 7 heteroatoms. The zero-order chi connectivity index (χ0) is 18.7. The number of aryl methyl sites for hydroxylation is 1. The smallest absolute Gasteiger partial charge is 0.275 e. The largest absolute Gasteiger partial charge is 0.355 e. The van der Waals surface area contributed by atoms with Gasteiger partial charge in [0.05, 0.1) is 0 Å². The highest BCUT2D eigenvalue weighted by Crippen LogP contribution is 2.21. The molecule has 0 unspecified atom stereocenters. The van der Waals surface area contributed by atoms with E-state index in [0.29, 0.717) is 28.3 Å². The quantitative estimate of drug-likeness (QED) is 0.757. The van der Waals surface area contributed by atoms with Crippen molar-refractivity contribution in [3.63, 3.8) is 0 Å². The van der Waals surface area contributed by atoms with Crippen LogP contribution in [0.2, 0.25) is 0 Å². The van der Waals surface area contributed by atoms with E-state index in [0.717, 1.165) is 0 Å². The number of hydrogen-bond acceptors (Lipinski definition) is 4. The second-order valence-electron chi connectivity index (χ2n) is 5.79. The predicted molar refractivity (Wildman–Crippen MR) is 99.0 cm³/mol. The average Bonchev–Trinajstić information content (AvgIpc) is 3.05. The Bertz CT molecular complexity index is 963. The first-order chi connectivity index (χ1) is 12.5. The fraction of sp³-hybridized carbons (Fsp3) is 0.158. The van der Waals surface area contributed by atoms with E-state index in [1.165, 1.54) is 0 Å². The summed E-state index contributed by atoms with van der Waals surface area (Å²) >= 11 is 0. The molecule has 26 heavy (non-hydrogen) atoms. The molecule has 0 aliphatic heterocycles. The lowest BCUT2D eigenvalue weighted by Crippen LogP contribution is -2.20. The number of amides is 2. The van der Waals surface area contributed by atoms with E-state index >= 15 is 0 Å². The van der Waals surface area contributed by atoms with Crippen LogP contribution in [0.4, 0.5) is 5.69 Å². The summed E-state index contributed by atoms with van der Waals surface area (Å²) in [7, 11) is 3.38. The Morgan fingerprint density at radius 3 is 2.58 bits per heavy atom. The van der Waals surface area contributed by atoms with Crippen LogP contribution in [0.1, 0.15) is 26.4 Å². The SMILES string of the molecule is CNC(=O)c1cccc(NC(=O)c2cn(C)c(-c3ccccn3)n2)c1C. The number of rotatable bonds is 4. The van der Waals surface area contributed by atoms with Crippen LogP contribution in [-0.2, 0) is 7.05 Å². The summed E-state index contributed by atoms with van der Waals surface area (Å²) in [5.74, 6) is 0.0559. The van der Waals surface area contributed by atoms with Crippen molar-refractivity contribution in [2.24, 2.45) is 7.05 Å². The van der Waals surface area contributed by atoms with Gasteiger partial charge in [-0.2, -0.15) is 0 Å². The maximum atomic E-state index is 12.6. The van der Waals surface area contributed by atoms with Gasteiger partial charge in [-0.3, -0.25) is 14.6 Å². The van der Waals surface area contributed by atoms with Crippen LogP contribution in [0.25, 0.3) is 11.5 Å². The molecule has 2 heterocycles. The Hall–Kier alpha value is -3.48. The van der Waals surface area contributed by atoms with Crippen molar-refractivity contribution in [2.45, 2.75) is 6.92 Å². The van der Waals surface area contributed by atoms with E-state index in [4.69, 9.17) is 0 Å². The minimum atomic E-state index is -0.347. The third kappa shape index (κ3) is 3.32. The van der Waals surface area contributed by atoms with Gasteiger partial charge in [0.15, 0.2) is 5.82 Å². The number of hydrogen-bond donors (Lipinski definition) is 2. The highest BCUT2D eigenvalue weighted by molar-refractivity contribution is 6.05. The van der Waals surface area contributed by atoms with Crippen LogP contribution >= 0.6 is 0 Å². The van der Waals surface area contributed by atoms with E-state index in [1.807, 2.05) is 25.2 Å². The van der Waals surface area contributed by atoms with Crippen molar-refractivity contribution in [1.82, 2.24) is 19.9 Å². The maximum Gasteiger partial charge on any atom is 0.275 e. The summed E-state index contributed by atoms with van der Waals surface area (Å²) in [6.45, 7) is 1.79. The summed E-state index contributed by atoms with van der Waals surface area (Å²) in [5, 5.41) is 5.41. The van der Waals surface area contributed by atoms with Crippen LogP contribution in [0.15, 0.2) is 48.8 Å². The van der Waals surface area contributed by atoms with Crippen molar-refractivity contribution in [3.05, 3.63) is 65.6 Å². The number of aromatic nitrogens is 3. The molecule has 2 aromatic heterocycles. The molecule has 0 spiro atoms. The summed E-state index contributed by atoms with van der Waals surface area (Å²) in [6.07, 6.45) is 3.33. The first-order valence-electron chi connectivity index (χ1n) is 8.09. The molecule has 0 atom stereocenters. The predicted octanol–water partition coefficient (Wildman–Crippen LogP) is 2.40. The molecule has 0 saturated heterocycles. The van der Waals surface area contributed by atoms with E-state index in [9.17, 15) is 9.59 Å². The average molecular weight is 349 g/mol. The van der Waals surface area contributed by atoms with E-state index in [2.05, 4.69) is 20.6 Å². The van der Waals surface area contributed by atoms with Crippen LogP contribution in [0.5, 0.6) is 0 Å². The molecule has 2 N–H and O–H groups in total. The first kappa shape index (κ1) is 17.3. The fourth-order valence-electron chi connectivity index (χ4n) is 2.65. The third-order valence-electron chi connectivity index (χ3n) is 4.06. The maximum absolute atomic E-state index is 12.6. The molecule has 2 amide bonds. The van der Waals surface area contributed by atoms with Gasteiger partial charge in [-0.05, 0) is 36.8 Å². The van der Waals surface area contributed by atoms with Gasteiger partial charge in [-0.1, -0.05) is 12.1 Å². The number of imidazole rings is 1. The van der Waals surface area contributed by atoms with Crippen molar-refractivity contribution >= 4 is 17.5 Å². The van der Waals surface area contributed by atoms with Crippen molar-refractivity contribution < 1.29 is 9.59 Å². The van der Waals surface area contributed by atoms with E-state index < -0.39 is 0 Å². The first-order valence-corrected chi connectivity index (χ1v) is 8.09. The number of carbonyl (C=O) groups is 2. The minimum absolute atomic E-state index is 0.200. The standard InChI is InChI=1S/C19H19N5O2/c1-12-13(18(25)20-2)7-6-9-14(12)23-19(26)16-11-24(3)17(22-16)15-8-4-5-10-21-15/h4-11H,1-3H3,(H,20,25)(H,23,26). The summed E-state index contributed by atoms with van der Waals surface area (Å²) in [6, 6.07) is 10.7. The molecule has 132 valence electrons. The minimum Gasteiger partial charge on any atom is -0.355 e. The summed E-state index contributed by atoms with van der Waals surface area (Å²) in [5.41, 5.74) is 2.74. The van der Waals surface area contributed by atoms with Gasteiger partial charge in [0, 0.05) is 37.7 Å². The molecule has 0 bridgehead atoms. The van der Waals surface area contributed by atoms with Crippen molar-refractivity contribution in [3.8, 4) is 11.5 Å². The fourth-order valence-corrected chi connectivity index (χ4v) is 2.65. The number of nitrogens with zero attached hydrogens (tertiary/aromatic N) is 3. The van der Waals surface area contributed by atoms with E-state index in [1.54, 1.807) is 49.1 Å². The van der Waals surface area contributed by atoms with Gasteiger partial charge in [-0.25, -0.2) is 4.98 Å². The summed E-state index contributed by atoms with van der Waals surface area (Å²) < 4.78 is 1.76. The van der Waals surface area contributed by atoms with Gasteiger partial charge in [-0.15, -0.1) is 0 Å². The van der Waals surface area contributed by atoms with Gasteiger partial charge in [0.2, 0.25) is 0 Å². The Labute approximate surface area is 151 Å². The van der Waals surface area contributed by atoms with Gasteiger partial charge in [0.25, 0.3) is 11.8 Å². The lowest BCUT2D eigenvalue weighted by atomic mass is 10.1. The zero-order valence-corrected chi connectivity index (χ0v) is 14.8. The Morgan fingerprint density at radius 2 is 1.88 bits per heavy atom. The Balaban J connectivity index is 1.87. The third-order valence-corrected chi connectivity index (χ3v) is 4.06. The molecular weight excluding hydrogens is 330 g/mol. The Morgan fingerprint density at radius 1 is 1.08 bits per heavy atom. The zero-order valence-electron chi connectivity index (χ0n) is 14.8. The highest BCUT2D eigenvalue weighted by Gasteiger charge is 2.17. The van der Waals surface area contributed by atoms with Gasteiger partial charge >= 0.3 is 0 Å². The second-order valence-corrected chi connectivity index (χ2v) is 5.79. The molecule has 3 aromatic rings. The van der Waals surface area contributed by atoms with Crippen molar-refractivity contribution in [1.29, 1.82) is 0 Å². The van der Waals surface area contributed by atoms with Crippen LogP contribution < -0.4 is 10.6 Å². The number of pyridine rings is 1. The molecular formula is C19H19N5O2. The summed E-state index contributed by atoms with van der Waals surface area (Å²) in [4.78, 5) is 33.2. The Kier molecular flexibility index (Phi) is 4.79. The molecule has 0 radical (unpaired) electrons. The molecule has 1 aromatic carbocycles. The number of carbonyl (C=O) groups excluding carboxylic acids is 2. The van der Waals surface area contributed by atoms with Gasteiger partial charge < -0.3 is 15.2 Å². The molecule has 0 aliphatic rings. The monoisotopic (exact) mass is 349 g/mol. The molecule has 0 aliphatic carbocycles. The molecule has 3 rings (SSSR count). The van der Waals surface area contributed by atoms with Crippen LogP contribution in [0.3, 0.4) is 0 Å². The number of anilines is 1. The number of nitrogens with one attached hydrogen (secondary N) is 2. The second kappa shape index (κ2) is 7.18. The normalized spacial score (nSPS) is 10.4. The molecule has 0 saturated carbocycles. The van der Waals surface area contributed by atoms with E-state index in [-0.39, 0.29) is 17.5 Å². The highest BCUT2D eigenvalue weighted by atomic mass is 16.2. The van der Waals surface area contributed by atoms with Crippen molar-refractivity contribution in [2.75, 3.05) is 12.4 Å². The van der Waals surface area contributed by atoms with Gasteiger partial charge in [0.1, 0.15) is 11.4 Å². The van der Waals surface area contributed by atoms with Crippen LogP contribution in [-0.4, -0.2) is 33.4 Å².